The Morgan fingerprint density at radius 2 is 2.21 bits per heavy atom. The van der Waals surface area contributed by atoms with Gasteiger partial charge in [0.15, 0.2) is 5.82 Å². The van der Waals surface area contributed by atoms with Crippen LogP contribution in [0.2, 0.25) is 0 Å². The average Bonchev–Trinajstić information content (AvgIpc) is 3.29. The third kappa shape index (κ3) is 4.98. The van der Waals surface area contributed by atoms with E-state index in [-0.39, 0.29) is 6.10 Å². The van der Waals surface area contributed by atoms with E-state index in [1.54, 1.807) is 17.5 Å². The first-order valence-electron chi connectivity index (χ1n) is 10.1. The van der Waals surface area contributed by atoms with E-state index in [4.69, 9.17) is 9.72 Å². The topological polar surface area (TPSA) is 63.2 Å². The molecule has 0 aliphatic carbocycles. The molecule has 0 amide bonds. The molecule has 0 radical (unpaired) electrons. The van der Waals surface area contributed by atoms with E-state index in [9.17, 15) is 0 Å². The van der Waals surface area contributed by atoms with Crippen LogP contribution in [0.25, 0.3) is 11.5 Å². The van der Waals surface area contributed by atoms with Crippen molar-refractivity contribution in [2.24, 2.45) is 0 Å². The summed E-state index contributed by atoms with van der Waals surface area (Å²) in [5.41, 5.74) is 1.80. The summed E-state index contributed by atoms with van der Waals surface area (Å²) in [6, 6.07) is 12.5. The second-order valence-corrected chi connectivity index (χ2v) is 8.20. The monoisotopic (exact) mass is 409 g/mol. The van der Waals surface area contributed by atoms with Gasteiger partial charge in [-0.2, -0.15) is 0 Å². The van der Waals surface area contributed by atoms with Gasteiger partial charge in [0.2, 0.25) is 0 Å². The zero-order chi connectivity index (χ0) is 20.1. The van der Waals surface area contributed by atoms with Gasteiger partial charge >= 0.3 is 0 Å². The summed E-state index contributed by atoms with van der Waals surface area (Å²) in [7, 11) is 0. The minimum atomic E-state index is 0.257. The first-order valence-corrected chi connectivity index (χ1v) is 11.0. The highest BCUT2D eigenvalue weighted by atomic mass is 32.1. The summed E-state index contributed by atoms with van der Waals surface area (Å²) in [5, 5.41) is 5.72. The van der Waals surface area contributed by atoms with E-state index in [0.717, 1.165) is 49.9 Å². The van der Waals surface area contributed by atoms with Gasteiger partial charge in [-0.05, 0) is 36.9 Å². The predicted octanol–water partition coefficient (Wildman–Crippen LogP) is 4.04. The van der Waals surface area contributed by atoms with Crippen molar-refractivity contribution < 1.29 is 4.74 Å². The molecule has 1 saturated heterocycles. The van der Waals surface area contributed by atoms with Crippen LogP contribution < -0.4 is 5.32 Å². The fourth-order valence-electron chi connectivity index (χ4n) is 3.60. The minimum absolute atomic E-state index is 0.257. The summed E-state index contributed by atoms with van der Waals surface area (Å²) in [5.74, 6) is 1.51. The van der Waals surface area contributed by atoms with Gasteiger partial charge in [0.1, 0.15) is 11.5 Å². The number of hydrogen-bond acceptors (Lipinski definition) is 7. The van der Waals surface area contributed by atoms with Crippen molar-refractivity contribution in [1.29, 1.82) is 0 Å². The molecule has 0 aromatic carbocycles. The Hall–Kier alpha value is -2.35. The van der Waals surface area contributed by atoms with Crippen LogP contribution in [0, 0.1) is 0 Å². The summed E-state index contributed by atoms with van der Waals surface area (Å²) in [6.07, 6.45) is 2.89. The number of hydrogen-bond donors (Lipinski definition) is 1. The van der Waals surface area contributed by atoms with Gasteiger partial charge in [0, 0.05) is 42.5 Å². The van der Waals surface area contributed by atoms with Crippen LogP contribution in [0.5, 0.6) is 0 Å². The molecule has 0 spiro atoms. The Kier molecular flexibility index (Phi) is 6.49. The standard InChI is InChI=1S/C22H27N5OS/c1-3-17-13-21(26-22(25-17)18-7-4-5-9-23-18)24-14-19(20-8-6-12-29-20)27-10-11-28-16(2)15-27/h4-9,12-13,16,19H,3,10-11,14-15H2,1-2H3,(H,24,25,26). The van der Waals surface area contributed by atoms with Crippen LogP contribution in [-0.4, -0.2) is 52.2 Å². The lowest BCUT2D eigenvalue weighted by Gasteiger charge is -2.37. The van der Waals surface area contributed by atoms with E-state index >= 15 is 0 Å². The lowest BCUT2D eigenvalue weighted by Crippen LogP contribution is -2.44. The quantitative estimate of drug-likeness (QED) is 0.635. The molecule has 0 bridgehead atoms. The first kappa shape index (κ1) is 19.9. The van der Waals surface area contributed by atoms with Crippen molar-refractivity contribution >= 4 is 17.2 Å². The van der Waals surface area contributed by atoms with Crippen molar-refractivity contribution in [1.82, 2.24) is 19.9 Å². The largest absolute Gasteiger partial charge is 0.376 e. The predicted molar refractivity (Wildman–Crippen MR) is 117 cm³/mol. The molecule has 1 aliphatic heterocycles. The lowest BCUT2D eigenvalue weighted by atomic mass is 10.1. The zero-order valence-corrected chi connectivity index (χ0v) is 17.7. The maximum atomic E-state index is 5.75. The number of nitrogens with zero attached hydrogens (tertiary/aromatic N) is 4. The number of pyridine rings is 1. The number of nitrogens with one attached hydrogen (secondary N) is 1. The molecular formula is C22H27N5OS. The van der Waals surface area contributed by atoms with Gasteiger partial charge in [-0.25, -0.2) is 9.97 Å². The number of anilines is 1. The highest BCUT2D eigenvalue weighted by molar-refractivity contribution is 7.10. The Labute approximate surface area is 176 Å². The molecule has 3 aromatic heterocycles. The van der Waals surface area contributed by atoms with Crippen LogP contribution in [0.3, 0.4) is 0 Å². The molecule has 4 rings (SSSR count). The van der Waals surface area contributed by atoms with Crippen LogP contribution in [-0.2, 0) is 11.2 Å². The van der Waals surface area contributed by atoms with E-state index in [2.05, 4.69) is 51.5 Å². The van der Waals surface area contributed by atoms with Crippen LogP contribution >= 0.6 is 11.3 Å². The second kappa shape index (κ2) is 9.43. The highest BCUT2D eigenvalue weighted by Crippen LogP contribution is 2.27. The second-order valence-electron chi connectivity index (χ2n) is 7.23. The molecule has 0 saturated carbocycles. The molecule has 2 atom stereocenters. The summed E-state index contributed by atoms with van der Waals surface area (Å²) >= 11 is 1.80. The van der Waals surface area contributed by atoms with Crippen molar-refractivity contribution in [2.75, 3.05) is 31.6 Å². The highest BCUT2D eigenvalue weighted by Gasteiger charge is 2.26. The van der Waals surface area contributed by atoms with Gasteiger partial charge in [-0.1, -0.05) is 19.1 Å². The number of morpholine rings is 1. The summed E-state index contributed by atoms with van der Waals surface area (Å²) in [6.45, 7) is 7.70. The normalized spacial score (nSPS) is 18.5. The van der Waals surface area contributed by atoms with E-state index in [1.165, 1.54) is 4.88 Å². The lowest BCUT2D eigenvalue weighted by molar-refractivity contribution is -0.0322. The Balaban J connectivity index is 1.55. The Bertz CT molecular complexity index is 903. The molecule has 4 heterocycles. The molecule has 3 aromatic rings. The van der Waals surface area contributed by atoms with Gasteiger partial charge in [0.05, 0.1) is 18.8 Å². The molecule has 6 nitrogen and oxygen atoms in total. The van der Waals surface area contributed by atoms with Gasteiger partial charge in [-0.15, -0.1) is 11.3 Å². The fourth-order valence-corrected chi connectivity index (χ4v) is 4.46. The average molecular weight is 410 g/mol. The molecule has 29 heavy (non-hydrogen) atoms. The molecule has 2 unspecified atom stereocenters. The molecule has 1 aliphatic rings. The number of thiophene rings is 1. The van der Waals surface area contributed by atoms with Gasteiger partial charge < -0.3 is 10.1 Å². The van der Waals surface area contributed by atoms with E-state index in [1.807, 2.05) is 24.3 Å². The first-order chi connectivity index (χ1) is 14.2. The SMILES string of the molecule is CCc1cc(NCC(c2cccs2)N2CCOC(C)C2)nc(-c2ccccn2)n1. The number of rotatable bonds is 7. The number of aromatic nitrogens is 3. The molecule has 1 fully saturated rings. The number of ether oxygens (including phenoxy) is 1. The van der Waals surface area contributed by atoms with E-state index < -0.39 is 0 Å². The van der Waals surface area contributed by atoms with Gasteiger partial charge in [-0.3, -0.25) is 9.88 Å². The zero-order valence-electron chi connectivity index (χ0n) is 16.9. The Morgan fingerprint density at radius 3 is 2.93 bits per heavy atom. The molecular weight excluding hydrogens is 382 g/mol. The van der Waals surface area contributed by atoms with Crippen LogP contribution in [0.15, 0.2) is 48.0 Å². The summed E-state index contributed by atoms with van der Waals surface area (Å²) in [4.78, 5) is 17.7. The Morgan fingerprint density at radius 1 is 1.28 bits per heavy atom. The third-order valence-corrected chi connectivity index (χ3v) is 6.07. The number of aryl methyl sites for hydroxylation is 1. The maximum Gasteiger partial charge on any atom is 0.180 e. The molecule has 152 valence electrons. The maximum absolute atomic E-state index is 5.75. The van der Waals surface area contributed by atoms with Crippen molar-refractivity contribution in [3.8, 4) is 11.5 Å². The van der Waals surface area contributed by atoms with E-state index in [0.29, 0.717) is 11.9 Å². The third-order valence-electron chi connectivity index (χ3n) is 5.10. The van der Waals surface area contributed by atoms with Crippen LogP contribution in [0.4, 0.5) is 5.82 Å². The van der Waals surface area contributed by atoms with Crippen molar-refractivity contribution in [3.63, 3.8) is 0 Å². The minimum Gasteiger partial charge on any atom is -0.376 e. The molecule has 1 N–H and O–H groups in total. The fraction of sp³-hybridized carbons (Fsp3) is 0.409. The smallest absolute Gasteiger partial charge is 0.180 e. The molecule has 7 heteroatoms. The van der Waals surface area contributed by atoms with Crippen molar-refractivity contribution in [3.05, 3.63) is 58.5 Å². The van der Waals surface area contributed by atoms with Gasteiger partial charge in [0.25, 0.3) is 0 Å². The van der Waals surface area contributed by atoms with Crippen LogP contribution in [0.1, 0.15) is 30.5 Å². The van der Waals surface area contributed by atoms with Crippen molar-refractivity contribution in [2.45, 2.75) is 32.4 Å². The summed E-state index contributed by atoms with van der Waals surface area (Å²) < 4.78 is 5.75.